The third-order valence-corrected chi connectivity index (χ3v) is 6.05. The zero-order chi connectivity index (χ0) is 18.7. The van der Waals surface area contributed by atoms with E-state index in [1.54, 1.807) is 26.0 Å². The van der Waals surface area contributed by atoms with Crippen molar-refractivity contribution in [3.63, 3.8) is 0 Å². The van der Waals surface area contributed by atoms with Gasteiger partial charge in [0.05, 0.1) is 11.1 Å². The van der Waals surface area contributed by atoms with Crippen LogP contribution in [0.2, 0.25) is 0 Å². The molecule has 0 N–H and O–H groups in total. The Morgan fingerprint density at radius 3 is 2.08 bits per heavy atom. The first-order valence-corrected chi connectivity index (χ1v) is 8.98. The second-order valence-electron chi connectivity index (χ2n) is 6.18. The molecule has 0 unspecified atom stereocenters. The molecule has 0 saturated heterocycles. The predicted octanol–water partition coefficient (Wildman–Crippen LogP) is 0.596. The topological polar surface area (TPSA) is 96.0 Å². The van der Waals surface area contributed by atoms with Crippen molar-refractivity contribution in [1.29, 1.82) is 0 Å². The molecule has 0 saturated carbocycles. The maximum absolute atomic E-state index is 13.1. The number of fused-ring (bicyclic) bond motifs is 1. The maximum Gasteiger partial charge on any atom is 0.332 e. The Kier molecular flexibility index (Phi) is 3.72. The molecule has 9 heteroatoms. The van der Waals surface area contributed by atoms with E-state index in [0.29, 0.717) is 11.1 Å². The van der Waals surface area contributed by atoms with Gasteiger partial charge < -0.3 is 0 Å². The Morgan fingerprint density at radius 1 is 0.960 bits per heavy atom. The van der Waals surface area contributed by atoms with Gasteiger partial charge in [-0.15, -0.1) is 5.10 Å². The van der Waals surface area contributed by atoms with Crippen molar-refractivity contribution >= 4 is 21.1 Å². The van der Waals surface area contributed by atoms with Crippen molar-refractivity contribution in [1.82, 2.24) is 18.3 Å². The van der Waals surface area contributed by atoms with E-state index in [-0.39, 0.29) is 15.9 Å². The van der Waals surface area contributed by atoms with Gasteiger partial charge in [-0.1, -0.05) is 17.7 Å². The number of aromatic nitrogens is 4. The highest BCUT2D eigenvalue weighted by Gasteiger charge is 2.25. The fraction of sp³-hybridized carbons (Fsp3) is 0.312. The lowest BCUT2D eigenvalue weighted by Gasteiger charge is -2.11. The molecular formula is C16H18N4O4S. The zero-order valence-corrected chi connectivity index (χ0v) is 15.4. The Balaban J connectivity index is 2.38. The molecule has 2 heterocycles. The number of hydrogen-bond donors (Lipinski definition) is 0. The number of nitrogens with zero attached hydrogens (tertiary/aromatic N) is 4. The molecule has 0 aliphatic carbocycles. The summed E-state index contributed by atoms with van der Waals surface area (Å²) in [7, 11) is -1.22. The molecule has 25 heavy (non-hydrogen) atoms. The summed E-state index contributed by atoms with van der Waals surface area (Å²) in [6, 6.07) is 3.55. The van der Waals surface area contributed by atoms with Crippen LogP contribution in [0.5, 0.6) is 0 Å². The smallest absolute Gasteiger partial charge is 0.279 e. The third-order valence-electron chi connectivity index (χ3n) is 4.21. The molecule has 8 nitrogen and oxygen atoms in total. The maximum atomic E-state index is 13.1. The van der Waals surface area contributed by atoms with E-state index in [9.17, 15) is 18.0 Å². The van der Waals surface area contributed by atoms with Crippen LogP contribution in [0, 0.1) is 20.8 Å². The molecule has 0 amide bonds. The zero-order valence-electron chi connectivity index (χ0n) is 14.6. The Labute approximate surface area is 144 Å². The van der Waals surface area contributed by atoms with Crippen LogP contribution in [0.15, 0.2) is 32.8 Å². The highest BCUT2D eigenvalue weighted by Crippen LogP contribution is 2.24. The molecule has 0 bridgehead atoms. The van der Waals surface area contributed by atoms with Crippen molar-refractivity contribution in [3.8, 4) is 0 Å². The third kappa shape index (κ3) is 2.42. The van der Waals surface area contributed by atoms with Gasteiger partial charge in [-0.3, -0.25) is 13.9 Å². The molecule has 0 fully saturated rings. The molecule has 0 spiro atoms. The molecule has 0 radical (unpaired) electrons. The predicted molar refractivity (Wildman–Crippen MR) is 93.5 cm³/mol. The van der Waals surface area contributed by atoms with Gasteiger partial charge in [-0.05, 0) is 31.9 Å². The lowest BCUT2D eigenvalue weighted by Crippen LogP contribution is -2.36. The average Bonchev–Trinajstić information content (AvgIpc) is 2.95. The van der Waals surface area contributed by atoms with Crippen LogP contribution < -0.4 is 11.2 Å². The summed E-state index contributed by atoms with van der Waals surface area (Å²) < 4.78 is 28.9. The molecule has 0 aliphatic rings. The normalized spacial score (nSPS) is 12.0. The first-order valence-electron chi connectivity index (χ1n) is 7.54. The Hall–Kier alpha value is -2.68. The highest BCUT2D eigenvalue weighted by molar-refractivity contribution is 7.90. The first-order chi connectivity index (χ1) is 11.6. The largest absolute Gasteiger partial charge is 0.332 e. The van der Waals surface area contributed by atoms with Crippen LogP contribution in [-0.2, 0) is 24.1 Å². The second-order valence-corrected chi connectivity index (χ2v) is 7.91. The van der Waals surface area contributed by atoms with Crippen LogP contribution in [0.4, 0.5) is 0 Å². The summed E-state index contributed by atoms with van der Waals surface area (Å²) in [6.45, 7) is 5.31. The molecular weight excluding hydrogens is 344 g/mol. The van der Waals surface area contributed by atoms with Crippen molar-refractivity contribution in [2.24, 2.45) is 14.1 Å². The van der Waals surface area contributed by atoms with Gasteiger partial charge in [0.15, 0.2) is 5.65 Å². The van der Waals surface area contributed by atoms with Gasteiger partial charge in [-0.2, -0.15) is 12.5 Å². The van der Waals surface area contributed by atoms with Crippen LogP contribution >= 0.6 is 0 Å². The lowest BCUT2D eigenvalue weighted by atomic mass is 10.1. The van der Waals surface area contributed by atoms with Gasteiger partial charge in [0.2, 0.25) is 0 Å². The van der Waals surface area contributed by atoms with Gasteiger partial charge in [-0.25, -0.2) is 4.79 Å². The number of hydrogen-bond acceptors (Lipinski definition) is 5. The van der Waals surface area contributed by atoms with Crippen LogP contribution in [0.1, 0.15) is 16.7 Å². The second kappa shape index (κ2) is 5.41. The highest BCUT2D eigenvalue weighted by atomic mass is 32.2. The first kappa shape index (κ1) is 17.2. The molecule has 132 valence electrons. The van der Waals surface area contributed by atoms with Crippen molar-refractivity contribution in [2.45, 2.75) is 25.7 Å². The molecule has 2 aromatic heterocycles. The van der Waals surface area contributed by atoms with Gasteiger partial charge in [0.1, 0.15) is 5.39 Å². The van der Waals surface area contributed by atoms with E-state index >= 15 is 0 Å². The summed E-state index contributed by atoms with van der Waals surface area (Å²) in [5.74, 6) is 0. The van der Waals surface area contributed by atoms with Crippen LogP contribution in [-0.4, -0.2) is 26.7 Å². The summed E-state index contributed by atoms with van der Waals surface area (Å²) in [4.78, 5) is 24.4. The van der Waals surface area contributed by atoms with E-state index in [1.165, 1.54) is 14.1 Å². The minimum atomic E-state index is -4.00. The van der Waals surface area contributed by atoms with E-state index in [2.05, 4.69) is 5.10 Å². The standard InChI is InChI=1S/C16H18N4O4S/c1-9-6-10(2)13(11(3)7-9)25(23,24)20-8-12-14(17-20)18(4)16(22)19(5)15(12)21/h6-8H,1-5H3. The summed E-state index contributed by atoms with van der Waals surface area (Å²) >= 11 is 0. The number of rotatable bonds is 2. The number of aryl methyl sites for hydroxylation is 4. The van der Waals surface area contributed by atoms with Crippen LogP contribution in [0.3, 0.4) is 0 Å². The van der Waals surface area contributed by atoms with Gasteiger partial charge >= 0.3 is 5.69 Å². The fourth-order valence-corrected chi connectivity index (χ4v) is 4.66. The molecule has 0 aliphatic heterocycles. The molecule has 3 aromatic rings. The van der Waals surface area contributed by atoms with E-state index in [0.717, 1.165) is 25.0 Å². The van der Waals surface area contributed by atoms with Crippen molar-refractivity contribution in [3.05, 3.63) is 55.9 Å². The molecule has 3 rings (SSSR count). The average molecular weight is 362 g/mol. The van der Waals surface area contributed by atoms with Crippen molar-refractivity contribution < 1.29 is 8.42 Å². The minimum absolute atomic E-state index is 0.0269. The van der Waals surface area contributed by atoms with Gasteiger partial charge in [0, 0.05) is 14.1 Å². The fourth-order valence-electron chi connectivity index (χ4n) is 3.12. The quantitative estimate of drug-likeness (QED) is 0.665. The van der Waals surface area contributed by atoms with E-state index in [4.69, 9.17) is 0 Å². The Bertz CT molecular complexity index is 1220. The monoisotopic (exact) mass is 362 g/mol. The van der Waals surface area contributed by atoms with E-state index < -0.39 is 21.3 Å². The summed E-state index contributed by atoms with van der Waals surface area (Å²) in [6.07, 6.45) is 1.16. The minimum Gasteiger partial charge on any atom is -0.279 e. The van der Waals surface area contributed by atoms with Crippen molar-refractivity contribution in [2.75, 3.05) is 0 Å². The van der Waals surface area contributed by atoms with Gasteiger partial charge in [0.25, 0.3) is 15.6 Å². The molecule has 1 aromatic carbocycles. The summed E-state index contributed by atoms with van der Waals surface area (Å²) in [5.41, 5.74) is 1.02. The molecule has 0 atom stereocenters. The lowest BCUT2D eigenvalue weighted by molar-refractivity contribution is 0.579. The van der Waals surface area contributed by atoms with E-state index in [1.807, 2.05) is 6.92 Å². The Morgan fingerprint density at radius 2 is 1.52 bits per heavy atom. The number of benzene rings is 1. The summed E-state index contributed by atoms with van der Waals surface area (Å²) in [5, 5.41) is 4.07. The van der Waals surface area contributed by atoms with Crippen LogP contribution in [0.25, 0.3) is 11.0 Å². The SMILES string of the molecule is Cc1cc(C)c(S(=O)(=O)n2cc3c(=O)n(C)c(=O)n(C)c3n2)c(C)c1.